The number of hydrogen-bond acceptors (Lipinski definition) is 5. The van der Waals surface area contributed by atoms with Gasteiger partial charge in [-0.2, -0.15) is 0 Å². The first-order valence-electron chi connectivity index (χ1n) is 5.84. The second kappa shape index (κ2) is 9.15. The molecule has 0 saturated carbocycles. The van der Waals surface area contributed by atoms with Crippen molar-refractivity contribution in [2.24, 2.45) is 0 Å². The summed E-state index contributed by atoms with van der Waals surface area (Å²) in [6.45, 7) is 7.10. The minimum absolute atomic E-state index is 0.0431. The first-order chi connectivity index (χ1) is 9.23. The topological polar surface area (TPSA) is 68.3 Å². The lowest BCUT2D eigenvalue weighted by molar-refractivity contribution is 0.0635. The number of thiazole rings is 1. The van der Waals surface area contributed by atoms with E-state index in [1.54, 1.807) is 33.1 Å². The van der Waals surface area contributed by atoms with Crippen LogP contribution in [0.3, 0.4) is 0 Å². The van der Waals surface area contributed by atoms with E-state index in [1.807, 2.05) is 0 Å². The van der Waals surface area contributed by atoms with Crippen LogP contribution in [-0.4, -0.2) is 27.8 Å². The summed E-state index contributed by atoms with van der Waals surface area (Å²) >= 11 is 10.7. The number of carbonyl (C=O) groups excluding carboxylic acids is 2. The number of aromatic nitrogens is 1. The molecule has 0 saturated heterocycles. The van der Waals surface area contributed by atoms with Gasteiger partial charge in [-0.25, -0.2) is 9.78 Å². The molecule has 0 aliphatic rings. The van der Waals surface area contributed by atoms with Crippen molar-refractivity contribution in [2.45, 2.75) is 39.7 Å². The number of ether oxygens (including phenoxy) is 1. The molecule has 114 valence electrons. The SMILES string of the molecule is CCC(=O)c1csc(NC(=O)OC(C)(C)C)n1.ClCCl. The van der Waals surface area contributed by atoms with Gasteiger partial charge in [0.05, 0.1) is 5.34 Å². The lowest BCUT2D eigenvalue weighted by Gasteiger charge is -2.18. The quantitative estimate of drug-likeness (QED) is 0.649. The van der Waals surface area contributed by atoms with Crippen molar-refractivity contribution < 1.29 is 14.3 Å². The molecule has 1 aromatic rings. The predicted octanol–water partition coefficient (Wildman–Crippen LogP) is 4.50. The Balaban J connectivity index is 0.00000110. The summed E-state index contributed by atoms with van der Waals surface area (Å²) in [6, 6.07) is 0. The fourth-order valence-electron chi connectivity index (χ4n) is 1.03. The number of alkyl halides is 2. The molecule has 1 aromatic heterocycles. The summed E-state index contributed by atoms with van der Waals surface area (Å²) in [5, 5.41) is 4.68. The molecule has 0 spiro atoms. The van der Waals surface area contributed by atoms with Crippen LogP contribution >= 0.6 is 34.5 Å². The standard InChI is InChI=1S/C11H16N2O3S.CH2Cl2/c1-5-8(14)7-6-17-9(12-7)13-10(15)16-11(2,3)4;2-1-3/h6H,5H2,1-4H3,(H,12,13,15);1H2. The predicted molar refractivity (Wildman–Crippen MR) is 83.2 cm³/mol. The van der Waals surface area contributed by atoms with E-state index in [0.717, 1.165) is 0 Å². The van der Waals surface area contributed by atoms with Gasteiger partial charge in [-0.05, 0) is 20.8 Å². The van der Waals surface area contributed by atoms with E-state index in [0.29, 0.717) is 17.2 Å². The number of Topliss-reactive ketones (excluding diaryl/α,β-unsaturated/α-hetero) is 1. The highest BCUT2D eigenvalue weighted by Gasteiger charge is 2.17. The van der Waals surface area contributed by atoms with Crippen molar-refractivity contribution in [2.75, 3.05) is 10.7 Å². The van der Waals surface area contributed by atoms with Gasteiger partial charge in [0.2, 0.25) is 0 Å². The lowest BCUT2D eigenvalue weighted by atomic mass is 10.2. The average molecular weight is 341 g/mol. The van der Waals surface area contributed by atoms with Crippen molar-refractivity contribution in [1.82, 2.24) is 4.98 Å². The van der Waals surface area contributed by atoms with Crippen LogP contribution in [-0.2, 0) is 4.74 Å². The Morgan fingerprint density at radius 1 is 1.40 bits per heavy atom. The van der Waals surface area contributed by atoms with E-state index in [2.05, 4.69) is 10.3 Å². The van der Waals surface area contributed by atoms with Gasteiger partial charge < -0.3 is 4.74 Å². The number of hydrogen-bond donors (Lipinski definition) is 1. The van der Waals surface area contributed by atoms with Crippen LogP contribution < -0.4 is 5.32 Å². The van der Waals surface area contributed by atoms with Gasteiger partial charge in [0, 0.05) is 11.8 Å². The maximum Gasteiger partial charge on any atom is 0.413 e. The van der Waals surface area contributed by atoms with Crippen molar-refractivity contribution in [3.8, 4) is 0 Å². The molecular weight excluding hydrogens is 323 g/mol. The van der Waals surface area contributed by atoms with Crippen LogP contribution in [0, 0.1) is 0 Å². The largest absolute Gasteiger partial charge is 0.444 e. The van der Waals surface area contributed by atoms with Gasteiger partial charge in [0.15, 0.2) is 10.9 Å². The van der Waals surface area contributed by atoms with Crippen molar-refractivity contribution >= 4 is 51.5 Å². The molecule has 0 atom stereocenters. The highest BCUT2D eigenvalue weighted by molar-refractivity contribution is 7.14. The number of halogens is 2. The number of rotatable bonds is 3. The van der Waals surface area contributed by atoms with Gasteiger partial charge in [0.1, 0.15) is 11.3 Å². The van der Waals surface area contributed by atoms with Gasteiger partial charge in [-0.15, -0.1) is 34.5 Å². The van der Waals surface area contributed by atoms with Crippen molar-refractivity contribution in [3.63, 3.8) is 0 Å². The van der Waals surface area contributed by atoms with Crippen LogP contribution in [0.15, 0.2) is 5.38 Å². The molecular formula is C12H18Cl2N2O3S. The van der Waals surface area contributed by atoms with E-state index >= 15 is 0 Å². The number of nitrogens with one attached hydrogen (secondary N) is 1. The van der Waals surface area contributed by atoms with Gasteiger partial charge in [-0.1, -0.05) is 6.92 Å². The summed E-state index contributed by atoms with van der Waals surface area (Å²) in [4.78, 5) is 26.8. The van der Waals surface area contributed by atoms with Crippen LogP contribution in [0.5, 0.6) is 0 Å². The number of carbonyl (C=O) groups is 2. The molecule has 5 nitrogen and oxygen atoms in total. The van der Waals surface area contributed by atoms with Crippen LogP contribution in [0.2, 0.25) is 0 Å². The molecule has 0 fully saturated rings. The Morgan fingerprint density at radius 3 is 2.40 bits per heavy atom. The van der Waals surface area contributed by atoms with E-state index in [-0.39, 0.29) is 11.1 Å². The Labute approximate surface area is 132 Å². The van der Waals surface area contributed by atoms with E-state index in [9.17, 15) is 9.59 Å². The molecule has 0 aromatic carbocycles. The van der Waals surface area contributed by atoms with Crippen LogP contribution in [0.25, 0.3) is 0 Å². The molecule has 20 heavy (non-hydrogen) atoms. The third-order valence-electron chi connectivity index (χ3n) is 1.72. The van der Waals surface area contributed by atoms with Crippen LogP contribution in [0.4, 0.5) is 9.93 Å². The van der Waals surface area contributed by atoms with Gasteiger partial charge in [0.25, 0.3) is 0 Å². The fourth-order valence-corrected chi connectivity index (χ4v) is 1.73. The lowest BCUT2D eigenvalue weighted by Crippen LogP contribution is -2.27. The Bertz CT molecular complexity index is 444. The molecule has 1 heterocycles. The third-order valence-corrected chi connectivity index (χ3v) is 2.48. The monoisotopic (exact) mass is 340 g/mol. The van der Waals surface area contributed by atoms with Crippen LogP contribution in [0.1, 0.15) is 44.6 Å². The summed E-state index contributed by atoms with van der Waals surface area (Å²) < 4.78 is 5.07. The van der Waals surface area contributed by atoms with E-state index in [1.165, 1.54) is 11.3 Å². The second-order valence-corrected chi connectivity index (χ2v) is 6.21. The molecule has 0 aliphatic carbocycles. The molecule has 0 bridgehead atoms. The Kier molecular flexibility index (Phi) is 8.76. The minimum Gasteiger partial charge on any atom is -0.444 e. The fraction of sp³-hybridized carbons (Fsp3) is 0.583. The zero-order valence-corrected chi connectivity index (χ0v) is 14.2. The number of anilines is 1. The summed E-state index contributed by atoms with van der Waals surface area (Å²) in [5.74, 6) is -0.0431. The smallest absolute Gasteiger partial charge is 0.413 e. The maximum absolute atomic E-state index is 11.4. The molecule has 1 N–H and O–H groups in total. The summed E-state index contributed by atoms with van der Waals surface area (Å²) in [5.41, 5.74) is -0.174. The number of amides is 1. The summed E-state index contributed by atoms with van der Waals surface area (Å²) in [7, 11) is 0. The molecule has 1 amide bonds. The van der Waals surface area contributed by atoms with Crippen molar-refractivity contribution in [3.05, 3.63) is 11.1 Å². The first-order valence-corrected chi connectivity index (χ1v) is 7.79. The average Bonchev–Trinajstić information content (AvgIpc) is 2.74. The Morgan fingerprint density at radius 2 is 1.95 bits per heavy atom. The van der Waals surface area contributed by atoms with Crippen molar-refractivity contribution in [1.29, 1.82) is 0 Å². The molecule has 1 rings (SSSR count). The third kappa shape index (κ3) is 8.35. The first kappa shape index (κ1) is 19.1. The maximum atomic E-state index is 11.4. The number of ketones is 1. The zero-order chi connectivity index (χ0) is 15.8. The normalized spacial score (nSPS) is 10.3. The summed E-state index contributed by atoms with van der Waals surface area (Å²) in [6.07, 6.45) is -0.169. The number of nitrogens with zero attached hydrogens (tertiary/aromatic N) is 1. The highest BCUT2D eigenvalue weighted by Crippen LogP contribution is 2.17. The second-order valence-electron chi connectivity index (χ2n) is 4.54. The zero-order valence-electron chi connectivity index (χ0n) is 11.8. The molecule has 0 radical (unpaired) electrons. The molecule has 0 unspecified atom stereocenters. The molecule has 8 heteroatoms. The minimum atomic E-state index is -0.567. The van der Waals surface area contributed by atoms with E-state index < -0.39 is 11.7 Å². The van der Waals surface area contributed by atoms with E-state index in [4.69, 9.17) is 27.9 Å². The Hall–Kier alpha value is -0.850. The van der Waals surface area contributed by atoms with Gasteiger partial charge >= 0.3 is 6.09 Å². The van der Waals surface area contributed by atoms with Gasteiger partial charge in [-0.3, -0.25) is 10.1 Å². The molecule has 0 aliphatic heterocycles. The highest BCUT2D eigenvalue weighted by atomic mass is 35.5.